The zero-order valence-electron chi connectivity index (χ0n) is 19.2. The molecule has 0 aliphatic carbocycles. The molecule has 174 valence electrons. The van der Waals surface area contributed by atoms with Crippen molar-refractivity contribution in [3.63, 3.8) is 0 Å². The van der Waals surface area contributed by atoms with Crippen molar-refractivity contribution in [2.75, 3.05) is 6.61 Å². The van der Waals surface area contributed by atoms with Crippen molar-refractivity contribution in [3.05, 3.63) is 0 Å². The molecule has 0 heterocycles. The molecular weight excluding hydrogens is 366 g/mol. The van der Waals surface area contributed by atoms with Crippen molar-refractivity contribution in [2.24, 2.45) is 0 Å². The summed E-state index contributed by atoms with van der Waals surface area (Å²) in [7, 11) is 0. The number of amides is 1. The highest BCUT2D eigenvalue weighted by Crippen LogP contribution is 2.14. The van der Waals surface area contributed by atoms with Crippen LogP contribution in [0.1, 0.15) is 123 Å². The van der Waals surface area contributed by atoms with Gasteiger partial charge in [0.05, 0.1) is 18.8 Å². The first-order chi connectivity index (χ1) is 14.1. The van der Waals surface area contributed by atoms with Gasteiger partial charge in [-0.25, -0.2) is 0 Å². The van der Waals surface area contributed by atoms with Crippen LogP contribution in [-0.4, -0.2) is 46.1 Å². The molecule has 1 amide bonds. The quantitative estimate of drug-likeness (QED) is 0.202. The molecular formula is C24H49NO4. The van der Waals surface area contributed by atoms with E-state index in [1.165, 1.54) is 57.8 Å². The lowest BCUT2D eigenvalue weighted by Gasteiger charge is -2.26. The lowest BCUT2D eigenvalue weighted by Crippen LogP contribution is -2.50. The number of carbonyl (C=O) groups is 1. The first kappa shape index (κ1) is 28.4. The minimum atomic E-state index is -1.12. The molecule has 3 atom stereocenters. The zero-order chi connectivity index (χ0) is 21.7. The third kappa shape index (κ3) is 16.8. The summed E-state index contributed by atoms with van der Waals surface area (Å²) in [4.78, 5) is 11.9. The van der Waals surface area contributed by atoms with E-state index in [0.717, 1.165) is 38.5 Å². The summed E-state index contributed by atoms with van der Waals surface area (Å²) in [5.41, 5.74) is 0. The van der Waals surface area contributed by atoms with Gasteiger partial charge < -0.3 is 20.6 Å². The number of aliphatic hydroxyl groups is 3. The monoisotopic (exact) mass is 415 g/mol. The fourth-order valence-corrected chi connectivity index (χ4v) is 3.69. The third-order valence-corrected chi connectivity index (χ3v) is 5.71. The molecule has 29 heavy (non-hydrogen) atoms. The Morgan fingerprint density at radius 2 is 1.17 bits per heavy atom. The second kappa shape index (κ2) is 20.6. The van der Waals surface area contributed by atoms with E-state index in [1.54, 1.807) is 0 Å². The third-order valence-electron chi connectivity index (χ3n) is 5.71. The second-order valence-corrected chi connectivity index (χ2v) is 8.55. The summed E-state index contributed by atoms with van der Waals surface area (Å²) in [6, 6.07) is -0.795. The van der Waals surface area contributed by atoms with Gasteiger partial charge in [-0.3, -0.25) is 4.79 Å². The number of carbonyl (C=O) groups excluding carboxylic acids is 1. The van der Waals surface area contributed by atoms with Gasteiger partial charge in [0, 0.05) is 6.42 Å². The van der Waals surface area contributed by atoms with E-state index in [0.29, 0.717) is 12.8 Å². The Morgan fingerprint density at radius 1 is 0.724 bits per heavy atom. The fourth-order valence-electron chi connectivity index (χ4n) is 3.69. The van der Waals surface area contributed by atoms with Crippen LogP contribution in [0.5, 0.6) is 0 Å². The predicted molar refractivity (Wildman–Crippen MR) is 121 cm³/mol. The van der Waals surface area contributed by atoms with E-state index >= 15 is 0 Å². The van der Waals surface area contributed by atoms with Crippen molar-refractivity contribution in [1.82, 2.24) is 5.32 Å². The van der Waals surface area contributed by atoms with Crippen molar-refractivity contribution in [2.45, 2.75) is 141 Å². The molecule has 0 aliphatic heterocycles. The largest absolute Gasteiger partial charge is 0.394 e. The molecule has 0 saturated heterocycles. The molecule has 0 rings (SSSR count). The van der Waals surface area contributed by atoms with E-state index in [2.05, 4.69) is 19.2 Å². The molecule has 0 bridgehead atoms. The summed E-state index contributed by atoms with van der Waals surface area (Å²) >= 11 is 0. The van der Waals surface area contributed by atoms with Crippen molar-refractivity contribution in [3.8, 4) is 0 Å². The van der Waals surface area contributed by atoms with Crippen LogP contribution >= 0.6 is 0 Å². The lowest BCUT2D eigenvalue weighted by atomic mass is 9.99. The smallest absolute Gasteiger partial charge is 0.220 e. The van der Waals surface area contributed by atoms with Crippen molar-refractivity contribution >= 4 is 5.91 Å². The van der Waals surface area contributed by atoms with Gasteiger partial charge in [-0.2, -0.15) is 0 Å². The summed E-state index contributed by atoms with van der Waals surface area (Å²) in [6.45, 7) is 3.96. The fraction of sp³-hybridized carbons (Fsp3) is 0.958. The van der Waals surface area contributed by atoms with Gasteiger partial charge in [-0.05, 0) is 12.8 Å². The van der Waals surface area contributed by atoms with Gasteiger partial charge in [0.1, 0.15) is 6.10 Å². The Bertz CT molecular complexity index is 365. The second-order valence-electron chi connectivity index (χ2n) is 8.55. The highest BCUT2D eigenvalue weighted by Gasteiger charge is 2.26. The molecule has 4 N–H and O–H groups in total. The number of unbranched alkanes of at least 4 members (excludes halogenated alkanes) is 13. The summed E-state index contributed by atoms with van der Waals surface area (Å²) in [5.74, 6) is -0.172. The molecule has 0 aromatic carbocycles. The Morgan fingerprint density at radius 3 is 1.66 bits per heavy atom. The highest BCUT2D eigenvalue weighted by atomic mass is 16.3. The topological polar surface area (TPSA) is 89.8 Å². The minimum Gasteiger partial charge on any atom is -0.394 e. The molecule has 5 nitrogen and oxygen atoms in total. The van der Waals surface area contributed by atoms with Crippen LogP contribution in [0.15, 0.2) is 0 Å². The zero-order valence-corrected chi connectivity index (χ0v) is 19.2. The maximum Gasteiger partial charge on any atom is 0.220 e. The SMILES string of the molecule is CCCCCCCCCCCCCC[C@@H](O)[C@@H](O)[C@@H](CO)NC(=O)CCCCC. The number of rotatable bonds is 21. The Hall–Kier alpha value is -0.650. The van der Waals surface area contributed by atoms with E-state index < -0.39 is 18.2 Å². The van der Waals surface area contributed by atoms with Crippen molar-refractivity contribution < 1.29 is 20.1 Å². The average Bonchev–Trinajstić information content (AvgIpc) is 2.72. The standard InChI is InChI=1S/C24H49NO4/c1-3-5-7-8-9-10-11-12-13-14-15-17-18-22(27)24(29)21(20-26)25-23(28)19-16-6-4-2/h21-22,24,26-27,29H,3-20H2,1-2H3,(H,25,28)/t21-,22-,24+/m1/s1. The van der Waals surface area contributed by atoms with Crippen LogP contribution < -0.4 is 5.32 Å². The number of nitrogens with one attached hydrogen (secondary N) is 1. The molecule has 0 aromatic heterocycles. The number of hydrogen-bond acceptors (Lipinski definition) is 4. The summed E-state index contributed by atoms with van der Waals surface area (Å²) in [6.07, 6.45) is 16.8. The van der Waals surface area contributed by atoms with Crippen LogP contribution in [0.25, 0.3) is 0 Å². The lowest BCUT2D eigenvalue weighted by molar-refractivity contribution is -0.124. The minimum absolute atomic E-state index is 0.172. The Labute approximate surface area is 179 Å². The van der Waals surface area contributed by atoms with Gasteiger partial charge in [-0.15, -0.1) is 0 Å². The van der Waals surface area contributed by atoms with Crippen LogP contribution in [0.3, 0.4) is 0 Å². The number of hydrogen-bond donors (Lipinski definition) is 4. The molecule has 0 radical (unpaired) electrons. The molecule has 0 spiro atoms. The maximum absolute atomic E-state index is 11.9. The molecule has 0 saturated carbocycles. The normalized spacial score (nSPS) is 14.5. The first-order valence-corrected chi connectivity index (χ1v) is 12.3. The average molecular weight is 416 g/mol. The Balaban J connectivity index is 3.72. The van der Waals surface area contributed by atoms with Crippen LogP contribution in [-0.2, 0) is 4.79 Å². The molecule has 0 aromatic rings. The van der Waals surface area contributed by atoms with Crippen LogP contribution in [0.2, 0.25) is 0 Å². The summed E-state index contributed by atoms with van der Waals surface area (Å²) < 4.78 is 0. The number of aliphatic hydroxyl groups excluding tert-OH is 3. The summed E-state index contributed by atoms with van der Waals surface area (Å²) in [5, 5.41) is 32.6. The Kier molecular flexibility index (Phi) is 20.2. The first-order valence-electron chi connectivity index (χ1n) is 12.3. The molecule has 0 aliphatic rings. The van der Waals surface area contributed by atoms with Gasteiger partial charge in [0.15, 0.2) is 0 Å². The van der Waals surface area contributed by atoms with Crippen LogP contribution in [0.4, 0.5) is 0 Å². The van der Waals surface area contributed by atoms with E-state index in [-0.39, 0.29) is 12.5 Å². The van der Waals surface area contributed by atoms with E-state index in [4.69, 9.17) is 0 Å². The predicted octanol–water partition coefficient (Wildman–Crippen LogP) is 4.86. The molecule has 0 fully saturated rings. The van der Waals surface area contributed by atoms with Gasteiger partial charge in [-0.1, -0.05) is 104 Å². The molecule has 5 heteroatoms. The van der Waals surface area contributed by atoms with Gasteiger partial charge in [0.2, 0.25) is 5.91 Å². The maximum atomic E-state index is 11.9. The molecule has 0 unspecified atom stereocenters. The van der Waals surface area contributed by atoms with E-state index in [9.17, 15) is 20.1 Å². The van der Waals surface area contributed by atoms with Crippen LogP contribution in [0, 0.1) is 0 Å². The van der Waals surface area contributed by atoms with Gasteiger partial charge in [0.25, 0.3) is 0 Å². The van der Waals surface area contributed by atoms with E-state index in [1.807, 2.05) is 0 Å². The van der Waals surface area contributed by atoms with Crippen molar-refractivity contribution in [1.29, 1.82) is 0 Å². The highest BCUT2D eigenvalue weighted by molar-refractivity contribution is 5.76. The van der Waals surface area contributed by atoms with Gasteiger partial charge >= 0.3 is 0 Å².